The molecule has 0 saturated heterocycles. The van der Waals surface area contributed by atoms with Crippen LogP contribution in [0, 0.1) is 13.8 Å². The number of hydrogen-bond acceptors (Lipinski definition) is 4. The summed E-state index contributed by atoms with van der Waals surface area (Å²) in [5.74, 6) is 0. The SMILES string of the molecule is Cc1n[nH]c(C)c1S(=O)(=O)N(C)C(C)CN. The Bertz CT molecular complexity index is 446. The van der Waals surface area contributed by atoms with E-state index in [2.05, 4.69) is 10.2 Å². The Morgan fingerprint density at radius 2 is 2.06 bits per heavy atom. The number of likely N-dealkylation sites (N-methyl/N-ethyl adjacent to an activating group) is 1. The molecule has 0 aromatic carbocycles. The normalized spacial score (nSPS) is 14.4. The largest absolute Gasteiger partial charge is 0.329 e. The summed E-state index contributed by atoms with van der Waals surface area (Å²) in [6.07, 6.45) is 0. The number of H-pyrrole nitrogens is 1. The lowest BCUT2D eigenvalue weighted by Gasteiger charge is -2.22. The zero-order valence-electron chi connectivity index (χ0n) is 9.98. The van der Waals surface area contributed by atoms with Crippen LogP contribution in [0.3, 0.4) is 0 Å². The quantitative estimate of drug-likeness (QED) is 0.782. The molecule has 1 rings (SSSR count). The number of aromatic nitrogens is 2. The molecule has 92 valence electrons. The van der Waals surface area contributed by atoms with Crippen LogP contribution in [0.2, 0.25) is 0 Å². The van der Waals surface area contributed by atoms with Gasteiger partial charge in [-0.2, -0.15) is 9.40 Å². The highest BCUT2D eigenvalue weighted by Gasteiger charge is 2.29. The van der Waals surface area contributed by atoms with Gasteiger partial charge >= 0.3 is 0 Å². The fraction of sp³-hybridized carbons (Fsp3) is 0.667. The predicted octanol–water partition coefficient (Wildman–Crippen LogP) is -0.00576. The van der Waals surface area contributed by atoms with Crippen molar-refractivity contribution in [1.29, 1.82) is 0 Å². The zero-order valence-corrected chi connectivity index (χ0v) is 10.8. The average Bonchev–Trinajstić information content (AvgIpc) is 2.56. The molecule has 16 heavy (non-hydrogen) atoms. The molecule has 0 amide bonds. The van der Waals surface area contributed by atoms with Gasteiger partial charge in [0.1, 0.15) is 4.90 Å². The summed E-state index contributed by atoms with van der Waals surface area (Å²) in [6.45, 7) is 5.40. The van der Waals surface area contributed by atoms with Gasteiger partial charge < -0.3 is 5.73 Å². The van der Waals surface area contributed by atoms with E-state index in [1.54, 1.807) is 20.8 Å². The van der Waals surface area contributed by atoms with E-state index in [1.807, 2.05) is 0 Å². The molecule has 1 atom stereocenters. The van der Waals surface area contributed by atoms with Crippen molar-refractivity contribution in [3.8, 4) is 0 Å². The molecule has 0 saturated carbocycles. The summed E-state index contributed by atoms with van der Waals surface area (Å²) in [6, 6.07) is -0.237. The first-order valence-corrected chi connectivity index (χ1v) is 6.46. The first-order valence-electron chi connectivity index (χ1n) is 5.02. The van der Waals surface area contributed by atoms with Crippen LogP contribution in [0.5, 0.6) is 0 Å². The third-order valence-corrected chi connectivity index (χ3v) is 4.90. The smallest absolute Gasteiger partial charge is 0.246 e. The van der Waals surface area contributed by atoms with Crippen molar-refractivity contribution >= 4 is 10.0 Å². The molecule has 0 fully saturated rings. The van der Waals surface area contributed by atoms with Gasteiger partial charge in [-0.05, 0) is 20.8 Å². The van der Waals surface area contributed by atoms with E-state index in [0.29, 0.717) is 11.4 Å². The van der Waals surface area contributed by atoms with Gasteiger partial charge in [0.2, 0.25) is 10.0 Å². The molecular formula is C9H18N4O2S. The van der Waals surface area contributed by atoms with Crippen molar-refractivity contribution in [2.24, 2.45) is 5.73 Å². The first-order chi connectivity index (χ1) is 7.32. The molecule has 0 aliphatic rings. The molecule has 1 heterocycles. The van der Waals surface area contributed by atoms with Crippen molar-refractivity contribution < 1.29 is 8.42 Å². The minimum absolute atomic E-state index is 0.237. The Kier molecular flexibility index (Phi) is 3.72. The lowest BCUT2D eigenvalue weighted by molar-refractivity contribution is 0.394. The molecule has 1 aromatic rings. The van der Waals surface area contributed by atoms with E-state index in [4.69, 9.17) is 5.73 Å². The Morgan fingerprint density at radius 3 is 2.44 bits per heavy atom. The lowest BCUT2D eigenvalue weighted by Crippen LogP contribution is -2.40. The monoisotopic (exact) mass is 246 g/mol. The maximum Gasteiger partial charge on any atom is 0.246 e. The summed E-state index contributed by atoms with van der Waals surface area (Å²) in [7, 11) is -1.98. The molecule has 6 nitrogen and oxygen atoms in total. The summed E-state index contributed by atoms with van der Waals surface area (Å²) in [4.78, 5) is 0.246. The van der Waals surface area contributed by atoms with Crippen LogP contribution in [-0.4, -0.2) is 42.6 Å². The number of nitrogens with one attached hydrogen (secondary N) is 1. The van der Waals surface area contributed by atoms with Crippen LogP contribution in [-0.2, 0) is 10.0 Å². The third kappa shape index (κ3) is 2.11. The van der Waals surface area contributed by atoms with Crippen LogP contribution in [0.15, 0.2) is 4.90 Å². The first kappa shape index (κ1) is 13.1. The summed E-state index contributed by atoms with van der Waals surface area (Å²) >= 11 is 0. The molecular weight excluding hydrogens is 228 g/mol. The van der Waals surface area contributed by atoms with E-state index in [-0.39, 0.29) is 17.5 Å². The third-order valence-electron chi connectivity index (χ3n) is 2.66. The Hall–Kier alpha value is -0.920. The van der Waals surface area contributed by atoms with Gasteiger partial charge in [0.15, 0.2) is 0 Å². The van der Waals surface area contributed by atoms with E-state index in [0.717, 1.165) is 0 Å². The summed E-state index contributed by atoms with van der Waals surface area (Å²) < 4.78 is 25.8. The number of aryl methyl sites for hydroxylation is 2. The Balaban J connectivity index is 3.22. The second-order valence-corrected chi connectivity index (χ2v) is 5.80. The summed E-state index contributed by atoms with van der Waals surface area (Å²) in [5, 5.41) is 6.56. The van der Waals surface area contributed by atoms with Crippen LogP contribution in [0.4, 0.5) is 0 Å². The predicted molar refractivity (Wildman–Crippen MR) is 61.5 cm³/mol. The van der Waals surface area contributed by atoms with Gasteiger partial charge in [-0.25, -0.2) is 8.42 Å². The van der Waals surface area contributed by atoms with E-state index in [9.17, 15) is 8.42 Å². The lowest BCUT2D eigenvalue weighted by atomic mass is 10.4. The molecule has 3 N–H and O–H groups in total. The second kappa shape index (κ2) is 4.52. The van der Waals surface area contributed by atoms with Gasteiger partial charge in [0.05, 0.1) is 11.4 Å². The van der Waals surface area contributed by atoms with Crippen molar-refractivity contribution in [3.05, 3.63) is 11.4 Å². The fourth-order valence-electron chi connectivity index (χ4n) is 1.45. The number of nitrogens with zero attached hydrogens (tertiary/aromatic N) is 2. The molecule has 1 unspecified atom stereocenters. The molecule has 0 spiro atoms. The Labute approximate surface area is 95.9 Å². The van der Waals surface area contributed by atoms with Gasteiger partial charge in [0.25, 0.3) is 0 Å². The Morgan fingerprint density at radius 1 is 1.50 bits per heavy atom. The second-order valence-electron chi connectivity index (χ2n) is 3.87. The van der Waals surface area contributed by atoms with Gasteiger partial charge in [-0.1, -0.05) is 0 Å². The van der Waals surface area contributed by atoms with Crippen molar-refractivity contribution in [3.63, 3.8) is 0 Å². The van der Waals surface area contributed by atoms with Crippen LogP contribution >= 0.6 is 0 Å². The number of rotatable bonds is 4. The highest BCUT2D eigenvalue weighted by molar-refractivity contribution is 7.89. The van der Waals surface area contributed by atoms with Gasteiger partial charge in [0, 0.05) is 19.6 Å². The molecule has 0 aliphatic carbocycles. The number of sulfonamides is 1. The molecule has 0 bridgehead atoms. The van der Waals surface area contributed by atoms with Crippen LogP contribution < -0.4 is 5.73 Å². The van der Waals surface area contributed by atoms with E-state index in [1.165, 1.54) is 11.4 Å². The molecule has 1 aromatic heterocycles. The van der Waals surface area contributed by atoms with Gasteiger partial charge in [-0.15, -0.1) is 0 Å². The standard InChI is InChI=1S/C9H18N4O2S/c1-6(5-10)13(4)16(14,15)9-7(2)11-12-8(9)3/h6H,5,10H2,1-4H3,(H,11,12). The van der Waals surface area contributed by atoms with Crippen molar-refractivity contribution in [2.75, 3.05) is 13.6 Å². The summed E-state index contributed by atoms with van der Waals surface area (Å²) in [5.41, 5.74) is 6.50. The molecule has 7 heteroatoms. The highest BCUT2D eigenvalue weighted by atomic mass is 32.2. The number of aromatic amines is 1. The molecule has 0 aliphatic heterocycles. The van der Waals surface area contributed by atoms with E-state index < -0.39 is 10.0 Å². The number of nitrogens with two attached hydrogens (primary N) is 1. The van der Waals surface area contributed by atoms with Crippen LogP contribution in [0.1, 0.15) is 18.3 Å². The zero-order chi connectivity index (χ0) is 12.5. The maximum atomic E-state index is 12.2. The maximum absolute atomic E-state index is 12.2. The topological polar surface area (TPSA) is 92.1 Å². The minimum Gasteiger partial charge on any atom is -0.329 e. The van der Waals surface area contributed by atoms with Crippen molar-refractivity contribution in [2.45, 2.75) is 31.7 Å². The van der Waals surface area contributed by atoms with Gasteiger partial charge in [-0.3, -0.25) is 5.10 Å². The minimum atomic E-state index is -3.51. The molecule has 0 radical (unpaired) electrons. The fourth-order valence-corrected chi connectivity index (χ4v) is 3.15. The highest BCUT2D eigenvalue weighted by Crippen LogP contribution is 2.21. The van der Waals surface area contributed by atoms with Crippen molar-refractivity contribution in [1.82, 2.24) is 14.5 Å². The average molecular weight is 246 g/mol. The van der Waals surface area contributed by atoms with Crippen LogP contribution in [0.25, 0.3) is 0 Å². The number of hydrogen-bond donors (Lipinski definition) is 2. The van der Waals surface area contributed by atoms with E-state index >= 15 is 0 Å².